The molecule has 0 bridgehead atoms. The molecule has 0 saturated heterocycles. The molecule has 20 heavy (non-hydrogen) atoms. The summed E-state index contributed by atoms with van der Waals surface area (Å²) in [5.41, 5.74) is 2.04. The van der Waals surface area contributed by atoms with Crippen molar-refractivity contribution in [1.29, 1.82) is 0 Å². The maximum Gasteiger partial charge on any atom is 0.0863 e. The van der Waals surface area contributed by atoms with E-state index in [1.54, 1.807) is 11.3 Å². The summed E-state index contributed by atoms with van der Waals surface area (Å²) in [6.45, 7) is 7.29. The van der Waals surface area contributed by atoms with E-state index in [9.17, 15) is 0 Å². The van der Waals surface area contributed by atoms with E-state index < -0.39 is 0 Å². The van der Waals surface area contributed by atoms with E-state index in [1.807, 2.05) is 11.7 Å². The zero-order chi connectivity index (χ0) is 14.7. The molecule has 0 radical (unpaired) electrons. The van der Waals surface area contributed by atoms with Gasteiger partial charge in [0, 0.05) is 24.5 Å². The van der Waals surface area contributed by atoms with Crippen molar-refractivity contribution in [1.82, 2.24) is 15.1 Å². The summed E-state index contributed by atoms with van der Waals surface area (Å²) in [6, 6.07) is 4.64. The average Bonchev–Trinajstić information content (AvgIpc) is 3.01. The fraction of sp³-hybridized carbons (Fsp3) is 0.533. The molecule has 0 aliphatic rings. The number of aryl methyl sites for hydroxylation is 2. The number of halogens is 1. The van der Waals surface area contributed by atoms with E-state index in [0.717, 1.165) is 29.4 Å². The van der Waals surface area contributed by atoms with Crippen LogP contribution >= 0.6 is 22.9 Å². The van der Waals surface area contributed by atoms with E-state index >= 15 is 0 Å². The van der Waals surface area contributed by atoms with Gasteiger partial charge < -0.3 is 5.32 Å². The number of nitrogens with one attached hydrogen (secondary N) is 1. The fourth-order valence-corrected chi connectivity index (χ4v) is 3.69. The highest BCUT2D eigenvalue weighted by molar-refractivity contribution is 7.10. The molecule has 0 aromatic carbocycles. The van der Waals surface area contributed by atoms with E-state index in [0.29, 0.717) is 12.0 Å². The summed E-state index contributed by atoms with van der Waals surface area (Å²) in [5.74, 6) is 0.534. The van der Waals surface area contributed by atoms with Crippen molar-refractivity contribution >= 4 is 22.9 Å². The molecule has 1 unspecified atom stereocenters. The van der Waals surface area contributed by atoms with Gasteiger partial charge in [-0.3, -0.25) is 4.68 Å². The van der Waals surface area contributed by atoms with Crippen molar-refractivity contribution in [3.8, 4) is 0 Å². The molecule has 110 valence electrons. The average molecular weight is 312 g/mol. The lowest BCUT2D eigenvalue weighted by Gasteiger charge is -2.21. The van der Waals surface area contributed by atoms with Crippen LogP contribution < -0.4 is 5.32 Å². The molecule has 2 rings (SSSR count). The fourth-order valence-electron chi connectivity index (χ4n) is 2.35. The zero-order valence-corrected chi connectivity index (χ0v) is 14.1. The van der Waals surface area contributed by atoms with Gasteiger partial charge in [0.15, 0.2) is 0 Å². The third-order valence-electron chi connectivity index (χ3n) is 3.51. The molecule has 0 aliphatic heterocycles. The molecule has 2 heterocycles. The topological polar surface area (TPSA) is 29.9 Å². The number of nitrogens with zero attached hydrogens (tertiary/aromatic N) is 2. The largest absolute Gasteiger partial charge is 0.303 e. The SMILES string of the molecule is CCc1nn(C)c(CNC(c2cccs2)C(C)C)c1Cl. The van der Waals surface area contributed by atoms with Crippen LogP contribution in [-0.4, -0.2) is 9.78 Å². The van der Waals surface area contributed by atoms with Crippen LogP contribution in [0.1, 0.15) is 43.1 Å². The molecule has 0 fully saturated rings. The Bertz CT molecular complexity index is 546. The highest BCUT2D eigenvalue weighted by atomic mass is 35.5. The van der Waals surface area contributed by atoms with E-state index in [4.69, 9.17) is 11.6 Å². The van der Waals surface area contributed by atoms with E-state index in [1.165, 1.54) is 4.88 Å². The number of hydrogen-bond acceptors (Lipinski definition) is 3. The second-order valence-corrected chi connectivity index (χ2v) is 6.66. The van der Waals surface area contributed by atoms with Crippen molar-refractivity contribution in [2.45, 2.75) is 39.8 Å². The van der Waals surface area contributed by atoms with Gasteiger partial charge in [-0.1, -0.05) is 38.4 Å². The summed E-state index contributed by atoms with van der Waals surface area (Å²) in [7, 11) is 1.96. The Morgan fingerprint density at radius 1 is 1.45 bits per heavy atom. The summed E-state index contributed by atoms with van der Waals surface area (Å²) >= 11 is 8.19. The molecule has 3 nitrogen and oxygen atoms in total. The van der Waals surface area contributed by atoms with Crippen molar-refractivity contribution in [2.24, 2.45) is 13.0 Å². The quantitative estimate of drug-likeness (QED) is 0.867. The maximum atomic E-state index is 6.40. The van der Waals surface area contributed by atoms with Gasteiger partial charge in [-0.05, 0) is 23.8 Å². The molecule has 2 aromatic rings. The molecule has 5 heteroatoms. The van der Waals surface area contributed by atoms with E-state index in [-0.39, 0.29) is 0 Å². The Labute approximate surface area is 130 Å². The summed E-state index contributed by atoms with van der Waals surface area (Å²) in [5, 5.41) is 11.0. The summed E-state index contributed by atoms with van der Waals surface area (Å²) in [4.78, 5) is 1.37. The number of rotatable bonds is 6. The lowest BCUT2D eigenvalue weighted by Crippen LogP contribution is -2.25. The third kappa shape index (κ3) is 3.25. The molecule has 0 saturated carbocycles. The van der Waals surface area contributed by atoms with Gasteiger partial charge in [-0.15, -0.1) is 11.3 Å². The Hall–Kier alpha value is -0.840. The lowest BCUT2D eigenvalue weighted by atomic mass is 10.0. The van der Waals surface area contributed by atoms with Crippen molar-refractivity contribution in [2.75, 3.05) is 0 Å². The van der Waals surface area contributed by atoms with Crippen LogP contribution in [0.4, 0.5) is 0 Å². The molecule has 0 amide bonds. The molecular formula is C15H22ClN3S. The van der Waals surface area contributed by atoms with Crippen LogP contribution in [0.5, 0.6) is 0 Å². The van der Waals surface area contributed by atoms with Crippen LogP contribution in [0.3, 0.4) is 0 Å². The summed E-state index contributed by atoms with van der Waals surface area (Å²) in [6.07, 6.45) is 0.866. The van der Waals surface area contributed by atoms with E-state index in [2.05, 4.69) is 48.7 Å². The molecule has 0 aliphatic carbocycles. The van der Waals surface area contributed by atoms with Crippen LogP contribution in [-0.2, 0) is 20.0 Å². The Morgan fingerprint density at radius 3 is 2.70 bits per heavy atom. The van der Waals surface area contributed by atoms with Gasteiger partial charge in [-0.2, -0.15) is 5.10 Å². The van der Waals surface area contributed by atoms with Gasteiger partial charge in [-0.25, -0.2) is 0 Å². The Balaban J connectivity index is 2.12. The second-order valence-electron chi connectivity index (χ2n) is 5.30. The number of hydrogen-bond donors (Lipinski definition) is 1. The maximum absolute atomic E-state index is 6.40. The molecule has 1 atom stereocenters. The molecule has 1 N–H and O–H groups in total. The van der Waals surface area contributed by atoms with Crippen LogP contribution in [0.15, 0.2) is 17.5 Å². The minimum absolute atomic E-state index is 0.353. The van der Waals surface area contributed by atoms with Crippen LogP contribution in [0, 0.1) is 5.92 Å². The predicted molar refractivity (Wildman–Crippen MR) is 86.3 cm³/mol. The van der Waals surface area contributed by atoms with Gasteiger partial charge in [0.2, 0.25) is 0 Å². The first kappa shape index (κ1) is 15.5. The van der Waals surface area contributed by atoms with Gasteiger partial charge in [0.05, 0.1) is 16.4 Å². The molecule has 0 spiro atoms. The highest BCUT2D eigenvalue weighted by Gasteiger charge is 2.19. The third-order valence-corrected chi connectivity index (χ3v) is 4.90. The number of thiophene rings is 1. The number of aromatic nitrogens is 2. The van der Waals surface area contributed by atoms with Crippen molar-refractivity contribution < 1.29 is 0 Å². The first-order chi connectivity index (χ1) is 9.54. The normalized spacial score (nSPS) is 13.1. The second kappa shape index (κ2) is 6.74. The van der Waals surface area contributed by atoms with Crippen LogP contribution in [0.25, 0.3) is 0 Å². The first-order valence-electron chi connectivity index (χ1n) is 7.01. The highest BCUT2D eigenvalue weighted by Crippen LogP contribution is 2.27. The lowest BCUT2D eigenvalue weighted by molar-refractivity contribution is 0.410. The summed E-state index contributed by atoms with van der Waals surface area (Å²) < 4.78 is 1.89. The smallest absolute Gasteiger partial charge is 0.0863 e. The Kier molecular flexibility index (Phi) is 5.24. The van der Waals surface area contributed by atoms with Gasteiger partial charge in [0.1, 0.15) is 0 Å². The van der Waals surface area contributed by atoms with Crippen LogP contribution in [0.2, 0.25) is 5.02 Å². The molecule has 2 aromatic heterocycles. The van der Waals surface area contributed by atoms with Gasteiger partial charge >= 0.3 is 0 Å². The first-order valence-corrected chi connectivity index (χ1v) is 8.27. The predicted octanol–water partition coefficient (Wildman–Crippen LogP) is 4.18. The van der Waals surface area contributed by atoms with Crippen molar-refractivity contribution in [3.05, 3.63) is 38.8 Å². The zero-order valence-electron chi connectivity index (χ0n) is 12.5. The van der Waals surface area contributed by atoms with Crippen molar-refractivity contribution in [3.63, 3.8) is 0 Å². The molecular weight excluding hydrogens is 290 g/mol. The standard InChI is InChI=1S/C15H22ClN3S/c1-5-11-14(16)12(19(4)18-11)9-17-15(10(2)3)13-7-6-8-20-13/h6-8,10,15,17H,5,9H2,1-4H3. The van der Waals surface area contributed by atoms with Gasteiger partial charge in [0.25, 0.3) is 0 Å². The monoisotopic (exact) mass is 311 g/mol. The Morgan fingerprint density at radius 2 is 2.20 bits per heavy atom. The minimum Gasteiger partial charge on any atom is -0.303 e. The minimum atomic E-state index is 0.353.